The van der Waals surface area contributed by atoms with Crippen molar-refractivity contribution >= 4 is 17.5 Å². The van der Waals surface area contributed by atoms with Gasteiger partial charge in [-0.15, -0.1) is 0 Å². The summed E-state index contributed by atoms with van der Waals surface area (Å²) in [7, 11) is 0. The number of likely N-dealkylation sites (tertiary alicyclic amines) is 1. The number of carbonyl (C=O) groups excluding carboxylic acids is 2. The summed E-state index contributed by atoms with van der Waals surface area (Å²) in [6.45, 7) is 2.29. The maximum Gasteiger partial charge on any atom is 0.261 e. The van der Waals surface area contributed by atoms with Crippen molar-refractivity contribution in [2.24, 2.45) is 0 Å². The number of benzene rings is 1. The summed E-state index contributed by atoms with van der Waals surface area (Å²) in [5.41, 5.74) is 2.74. The largest absolute Gasteiger partial charge is 0.472 e. The summed E-state index contributed by atoms with van der Waals surface area (Å²) in [6, 6.07) is 9.75. The maximum absolute atomic E-state index is 12.7. The molecule has 24 heavy (non-hydrogen) atoms. The molecule has 0 bridgehead atoms. The third kappa shape index (κ3) is 2.60. The van der Waals surface area contributed by atoms with E-state index >= 15 is 0 Å². The molecule has 1 aromatic heterocycles. The molecule has 1 aromatic carbocycles. The van der Waals surface area contributed by atoms with Crippen LogP contribution in [0.2, 0.25) is 0 Å². The smallest absolute Gasteiger partial charge is 0.261 e. The average Bonchev–Trinajstić information content (AvgIpc) is 3.33. The minimum Gasteiger partial charge on any atom is -0.472 e. The highest BCUT2D eigenvalue weighted by Crippen LogP contribution is 2.39. The molecule has 2 amide bonds. The van der Waals surface area contributed by atoms with Crippen LogP contribution in [0.4, 0.5) is 5.69 Å². The summed E-state index contributed by atoms with van der Waals surface area (Å²) < 4.78 is 5.05. The van der Waals surface area contributed by atoms with Crippen molar-refractivity contribution in [3.63, 3.8) is 0 Å². The number of para-hydroxylation sites is 1. The second kappa shape index (κ2) is 6.15. The van der Waals surface area contributed by atoms with Gasteiger partial charge in [0.25, 0.3) is 5.91 Å². The number of hydrogen-bond donors (Lipinski definition) is 0. The van der Waals surface area contributed by atoms with Crippen molar-refractivity contribution in [3.8, 4) is 0 Å². The van der Waals surface area contributed by atoms with Crippen molar-refractivity contribution in [3.05, 3.63) is 54.0 Å². The van der Waals surface area contributed by atoms with Gasteiger partial charge >= 0.3 is 0 Å². The third-order valence-corrected chi connectivity index (χ3v) is 5.00. The molecule has 1 atom stereocenters. The van der Waals surface area contributed by atoms with E-state index in [0.29, 0.717) is 18.5 Å². The zero-order chi connectivity index (χ0) is 16.5. The monoisotopic (exact) mass is 324 g/mol. The van der Waals surface area contributed by atoms with E-state index in [-0.39, 0.29) is 17.7 Å². The highest BCUT2D eigenvalue weighted by atomic mass is 16.3. The Morgan fingerprint density at radius 2 is 2.12 bits per heavy atom. The summed E-state index contributed by atoms with van der Waals surface area (Å²) in [5, 5.41) is 0. The Bertz CT molecular complexity index is 754. The van der Waals surface area contributed by atoms with Gasteiger partial charge in [-0.2, -0.15) is 0 Å². The number of anilines is 1. The van der Waals surface area contributed by atoms with Gasteiger partial charge in [-0.25, -0.2) is 0 Å². The number of rotatable bonds is 4. The lowest BCUT2D eigenvalue weighted by atomic mass is 9.98. The average molecular weight is 324 g/mol. The van der Waals surface area contributed by atoms with Gasteiger partial charge in [0.05, 0.1) is 11.8 Å². The SMILES string of the molecule is O=C1CCCN1CC[C@@H]1CN(C(=O)c2ccoc2)c2ccccc21. The Hall–Kier alpha value is -2.56. The molecular formula is C19H20N2O3. The third-order valence-electron chi connectivity index (χ3n) is 5.00. The van der Waals surface area contributed by atoms with Crippen molar-refractivity contribution < 1.29 is 14.0 Å². The van der Waals surface area contributed by atoms with Crippen LogP contribution >= 0.6 is 0 Å². The molecule has 2 aliphatic rings. The van der Waals surface area contributed by atoms with Gasteiger partial charge in [0.2, 0.25) is 5.91 Å². The van der Waals surface area contributed by atoms with Crippen LogP contribution in [0.1, 0.15) is 41.1 Å². The summed E-state index contributed by atoms with van der Waals surface area (Å²) >= 11 is 0. The fourth-order valence-electron chi connectivity index (χ4n) is 3.73. The molecule has 4 rings (SSSR count). The van der Waals surface area contributed by atoms with E-state index in [1.807, 2.05) is 28.0 Å². The van der Waals surface area contributed by atoms with Gasteiger partial charge in [-0.3, -0.25) is 9.59 Å². The number of amides is 2. The van der Waals surface area contributed by atoms with Gasteiger partial charge in [0.1, 0.15) is 6.26 Å². The Morgan fingerprint density at radius 3 is 2.88 bits per heavy atom. The molecule has 5 heteroatoms. The first kappa shape index (κ1) is 15.0. The van der Waals surface area contributed by atoms with Gasteiger partial charge in [0, 0.05) is 37.7 Å². The van der Waals surface area contributed by atoms with Crippen LogP contribution in [0, 0.1) is 0 Å². The lowest BCUT2D eigenvalue weighted by Crippen LogP contribution is -2.31. The zero-order valence-corrected chi connectivity index (χ0v) is 13.5. The molecule has 0 unspecified atom stereocenters. The molecule has 0 aliphatic carbocycles. The zero-order valence-electron chi connectivity index (χ0n) is 13.5. The van der Waals surface area contributed by atoms with Crippen molar-refractivity contribution in [1.82, 2.24) is 4.90 Å². The Balaban J connectivity index is 1.52. The molecular weight excluding hydrogens is 304 g/mol. The van der Waals surface area contributed by atoms with Crippen molar-refractivity contribution in [2.45, 2.75) is 25.2 Å². The summed E-state index contributed by atoms with van der Waals surface area (Å²) in [5.74, 6) is 0.494. The maximum atomic E-state index is 12.7. The molecule has 1 fully saturated rings. The van der Waals surface area contributed by atoms with E-state index in [0.717, 1.165) is 31.6 Å². The number of hydrogen-bond acceptors (Lipinski definition) is 3. The molecule has 0 spiro atoms. The first-order valence-corrected chi connectivity index (χ1v) is 8.45. The molecule has 5 nitrogen and oxygen atoms in total. The van der Waals surface area contributed by atoms with Crippen LogP contribution in [0.25, 0.3) is 0 Å². The fraction of sp³-hybridized carbons (Fsp3) is 0.368. The van der Waals surface area contributed by atoms with Crippen LogP contribution < -0.4 is 4.90 Å². The van der Waals surface area contributed by atoms with Crippen LogP contribution in [0.15, 0.2) is 47.3 Å². The van der Waals surface area contributed by atoms with Crippen LogP contribution in [-0.4, -0.2) is 36.3 Å². The molecule has 2 aliphatic heterocycles. The predicted octanol–water partition coefficient (Wildman–Crippen LogP) is 3.04. The molecule has 0 N–H and O–H groups in total. The van der Waals surface area contributed by atoms with E-state index < -0.39 is 0 Å². The normalized spacial score (nSPS) is 19.8. The highest BCUT2D eigenvalue weighted by molar-refractivity contribution is 6.07. The molecule has 124 valence electrons. The molecule has 0 radical (unpaired) electrons. The second-order valence-corrected chi connectivity index (χ2v) is 6.46. The quantitative estimate of drug-likeness (QED) is 0.868. The lowest BCUT2D eigenvalue weighted by Gasteiger charge is -2.19. The van der Waals surface area contributed by atoms with Crippen LogP contribution in [0.5, 0.6) is 0 Å². The highest BCUT2D eigenvalue weighted by Gasteiger charge is 2.33. The molecule has 3 heterocycles. The minimum atomic E-state index is -0.0315. The predicted molar refractivity (Wildman–Crippen MR) is 90.0 cm³/mol. The molecule has 2 aromatic rings. The second-order valence-electron chi connectivity index (χ2n) is 6.46. The first-order chi connectivity index (χ1) is 11.7. The van der Waals surface area contributed by atoms with Crippen molar-refractivity contribution in [2.75, 3.05) is 24.5 Å². The van der Waals surface area contributed by atoms with E-state index in [1.54, 1.807) is 6.07 Å². The van der Waals surface area contributed by atoms with E-state index in [4.69, 9.17) is 4.42 Å². The lowest BCUT2D eigenvalue weighted by molar-refractivity contribution is -0.127. The van der Waals surface area contributed by atoms with Crippen LogP contribution in [-0.2, 0) is 4.79 Å². The number of fused-ring (bicyclic) bond motifs is 1. The van der Waals surface area contributed by atoms with Gasteiger partial charge in [-0.05, 0) is 30.5 Å². The van der Waals surface area contributed by atoms with Gasteiger partial charge < -0.3 is 14.2 Å². The van der Waals surface area contributed by atoms with Gasteiger partial charge in [-0.1, -0.05) is 18.2 Å². The standard InChI is InChI=1S/C19H20N2O3/c22-18-6-3-9-20(18)10-7-14-12-21(17-5-2-1-4-16(14)17)19(23)15-8-11-24-13-15/h1-2,4-5,8,11,13-14H,3,6-7,9-10,12H2/t14-/m1/s1. The van der Waals surface area contributed by atoms with Gasteiger partial charge in [0.15, 0.2) is 0 Å². The fourth-order valence-corrected chi connectivity index (χ4v) is 3.73. The number of carbonyl (C=O) groups is 2. The van der Waals surface area contributed by atoms with E-state index in [1.165, 1.54) is 18.1 Å². The van der Waals surface area contributed by atoms with E-state index in [9.17, 15) is 9.59 Å². The molecule has 1 saturated heterocycles. The number of furan rings is 1. The number of nitrogens with zero attached hydrogens (tertiary/aromatic N) is 2. The Morgan fingerprint density at radius 1 is 1.25 bits per heavy atom. The minimum absolute atomic E-state index is 0.0315. The molecule has 0 saturated carbocycles. The summed E-state index contributed by atoms with van der Waals surface area (Å²) in [4.78, 5) is 28.3. The van der Waals surface area contributed by atoms with Crippen LogP contribution in [0.3, 0.4) is 0 Å². The Kier molecular flexibility index (Phi) is 3.84. The van der Waals surface area contributed by atoms with E-state index in [2.05, 4.69) is 6.07 Å². The topological polar surface area (TPSA) is 53.8 Å². The Labute approximate surface area is 140 Å². The van der Waals surface area contributed by atoms with Crippen molar-refractivity contribution in [1.29, 1.82) is 0 Å². The summed E-state index contributed by atoms with van der Waals surface area (Å²) in [6.07, 6.45) is 5.53. The first-order valence-electron chi connectivity index (χ1n) is 8.45.